The van der Waals surface area contributed by atoms with Crippen LogP contribution in [0.4, 0.5) is 0 Å². The van der Waals surface area contributed by atoms with Crippen LogP contribution in [0, 0.1) is 0 Å². The van der Waals surface area contributed by atoms with Crippen LogP contribution < -0.4 is 5.32 Å². The summed E-state index contributed by atoms with van der Waals surface area (Å²) in [7, 11) is 0. The van der Waals surface area contributed by atoms with Gasteiger partial charge >= 0.3 is 0 Å². The Bertz CT molecular complexity index is 586. The summed E-state index contributed by atoms with van der Waals surface area (Å²) >= 11 is 7.76. The lowest BCUT2D eigenvalue weighted by Gasteiger charge is -2.36. The lowest BCUT2D eigenvalue weighted by molar-refractivity contribution is -0.133. The SMILES string of the molecule is Cl.O=C(CC1CSCCN1)N1CCN(C(=O)c2ccc(Cl)cc2)CC1. The van der Waals surface area contributed by atoms with E-state index in [4.69, 9.17) is 11.6 Å². The highest BCUT2D eigenvalue weighted by atomic mass is 35.5. The molecule has 3 rings (SSSR count). The molecule has 2 fully saturated rings. The minimum atomic E-state index is 0. The molecule has 2 saturated heterocycles. The van der Waals surface area contributed by atoms with E-state index in [0.717, 1.165) is 18.1 Å². The number of piperazine rings is 1. The fourth-order valence-corrected chi connectivity index (χ4v) is 4.10. The molecule has 2 amide bonds. The Labute approximate surface area is 163 Å². The molecule has 1 aromatic rings. The summed E-state index contributed by atoms with van der Waals surface area (Å²) in [6.45, 7) is 3.36. The zero-order valence-electron chi connectivity index (χ0n) is 13.9. The highest BCUT2D eigenvalue weighted by Gasteiger charge is 2.26. The summed E-state index contributed by atoms with van der Waals surface area (Å²) < 4.78 is 0. The van der Waals surface area contributed by atoms with Crippen LogP contribution in [0.3, 0.4) is 0 Å². The fourth-order valence-electron chi connectivity index (χ4n) is 3.02. The molecule has 2 aliphatic heterocycles. The lowest BCUT2D eigenvalue weighted by Crippen LogP contribution is -2.52. The standard InChI is InChI=1S/C17H22ClN3O2S.ClH/c18-14-3-1-13(2-4-14)17(23)21-8-6-20(7-9-21)16(22)11-15-12-24-10-5-19-15;/h1-4,15,19H,5-12H2;1H. The van der Waals surface area contributed by atoms with Crippen LogP contribution in [0.25, 0.3) is 0 Å². The van der Waals surface area contributed by atoms with Gasteiger partial charge in [-0.25, -0.2) is 0 Å². The van der Waals surface area contributed by atoms with E-state index in [1.54, 1.807) is 24.3 Å². The first-order valence-corrected chi connectivity index (χ1v) is 9.80. The molecule has 1 unspecified atom stereocenters. The van der Waals surface area contributed by atoms with E-state index < -0.39 is 0 Å². The van der Waals surface area contributed by atoms with Crippen LogP contribution in [0.15, 0.2) is 24.3 Å². The number of rotatable bonds is 3. The van der Waals surface area contributed by atoms with E-state index in [2.05, 4.69) is 5.32 Å². The third-order valence-electron chi connectivity index (χ3n) is 4.43. The Morgan fingerprint density at radius 3 is 2.36 bits per heavy atom. The maximum atomic E-state index is 12.5. The number of carbonyl (C=O) groups excluding carboxylic acids is 2. The molecule has 1 aromatic carbocycles. The van der Waals surface area contributed by atoms with Crippen molar-refractivity contribution in [1.82, 2.24) is 15.1 Å². The highest BCUT2D eigenvalue weighted by molar-refractivity contribution is 7.99. The van der Waals surface area contributed by atoms with Gasteiger partial charge in [0.15, 0.2) is 0 Å². The lowest BCUT2D eigenvalue weighted by atomic mass is 10.1. The van der Waals surface area contributed by atoms with Gasteiger partial charge in [0.1, 0.15) is 0 Å². The molecular formula is C17H23Cl2N3O2S. The number of hydrogen-bond donors (Lipinski definition) is 1. The van der Waals surface area contributed by atoms with Gasteiger partial charge in [-0.3, -0.25) is 9.59 Å². The van der Waals surface area contributed by atoms with E-state index >= 15 is 0 Å². The smallest absolute Gasteiger partial charge is 0.253 e. The average molecular weight is 404 g/mol. The largest absolute Gasteiger partial charge is 0.339 e. The van der Waals surface area contributed by atoms with Crippen LogP contribution in [0.5, 0.6) is 0 Å². The van der Waals surface area contributed by atoms with Gasteiger partial charge in [-0.05, 0) is 24.3 Å². The van der Waals surface area contributed by atoms with Crippen molar-refractivity contribution >= 4 is 47.6 Å². The fraction of sp³-hybridized carbons (Fsp3) is 0.529. The van der Waals surface area contributed by atoms with Crippen LogP contribution in [0.2, 0.25) is 5.02 Å². The molecule has 25 heavy (non-hydrogen) atoms. The second-order valence-electron chi connectivity index (χ2n) is 6.11. The van der Waals surface area contributed by atoms with Crippen molar-refractivity contribution in [3.63, 3.8) is 0 Å². The molecule has 2 heterocycles. The molecule has 0 spiro atoms. The maximum absolute atomic E-state index is 12.5. The first kappa shape index (κ1) is 20.4. The van der Waals surface area contributed by atoms with Crippen molar-refractivity contribution in [2.45, 2.75) is 12.5 Å². The first-order chi connectivity index (χ1) is 11.6. The van der Waals surface area contributed by atoms with E-state index in [1.165, 1.54) is 0 Å². The van der Waals surface area contributed by atoms with Crippen LogP contribution in [-0.2, 0) is 4.79 Å². The van der Waals surface area contributed by atoms with Gasteiger partial charge < -0.3 is 15.1 Å². The minimum Gasteiger partial charge on any atom is -0.339 e. The molecule has 0 radical (unpaired) electrons. The molecule has 2 aliphatic rings. The van der Waals surface area contributed by atoms with Crippen molar-refractivity contribution in [2.75, 3.05) is 44.2 Å². The van der Waals surface area contributed by atoms with Gasteiger partial charge in [0, 0.05) is 67.3 Å². The molecule has 8 heteroatoms. The topological polar surface area (TPSA) is 52.7 Å². The van der Waals surface area contributed by atoms with Crippen LogP contribution in [0.1, 0.15) is 16.8 Å². The summed E-state index contributed by atoms with van der Waals surface area (Å²) in [6, 6.07) is 7.22. The normalized spacial score (nSPS) is 20.8. The number of carbonyl (C=O) groups is 2. The van der Waals surface area contributed by atoms with Crippen molar-refractivity contribution in [3.8, 4) is 0 Å². The van der Waals surface area contributed by atoms with Crippen LogP contribution in [-0.4, -0.2) is 71.9 Å². The number of hydrogen-bond acceptors (Lipinski definition) is 4. The van der Waals surface area contributed by atoms with Crippen molar-refractivity contribution in [3.05, 3.63) is 34.9 Å². The number of halogens is 2. The number of thioether (sulfide) groups is 1. The van der Waals surface area contributed by atoms with Crippen LogP contribution >= 0.6 is 35.8 Å². The average Bonchev–Trinajstić information content (AvgIpc) is 2.63. The summed E-state index contributed by atoms with van der Waals surface area (Å²) in [4.78, 5) is 28.6. The van der Waals surface area contributed by atoms with Gasteiger partial charge in [-0.2, -0.15) is 11.8 Å². The molecule has 5 nitrogen and oxygen atoms in total. The summed E-state index contributed by atoms with van der Waals surface area (Å²) in [5.74, 6) is 2.31. The van der Waals surface area contributed by atoms with Crippen molar-refractivity contribution in [2.24, 2.45) is 0 Å². The number of benzene rings is 1. The third kappa shape index (κ3) is 5.51. The van der Waals surface area contributed by atoms with Crippen molar-refractivity contribution in [1.29, 1.82) is 0 Å². The van der Waals surface area contributed by atoms with Gasteiger partial charge in [0.2, 0.25) is 5.91 Å². The van der Waals surface area contributed by atoms with E-state index in [9.17, 15) is 9.59 Å². The Morgan fingerprint density at radius 1 is 1.12 bits per heavy atom. The second kappa shape index (κ2) is 9.67. The maximum Gasteiger partial charge on any atom is 0.253 e. The van der Waals surface area contributed by atoms with Gasteiger partial charge in [-0.1, -0.05) is 11.6 Å². The molecule has 1 atom stereocenters. The quantitative estimate of drug-likeness (QED) is 0.839. The number of nitrogens with one attached hydrogen (secondary N) is 1. The Kier molecular flexibility index (Phi) is 7.87. The monoisotopic (exact) mass is 403 g/mol. The summed E-state index contributed by atoms with van der Waals surface area (Å²) in [6.07, 6.45) is 0.554. The molecule has 0 aromatic heterocycles. The van der Waals surface area contributed by atoms with Gasteiger partial charge in [0.05, 0.1) is 0 Å². The van der Waals surface area contributed by atoms with Gasteiger partial charge in [0.25, 0.3) is 5.91 Å². The molecule has 0 bridgehead atoms. The van der Waals surface area contributed by atoms with Crippen molar-refractivity contribution < 1.29 is 9.59 Å². The Morgan fingerprint density at radius 2 is 1.76 bits per heavy atom. The van der Waals surface area contributed by atoms with Gasteiger partial charge in [-0.15, -0.1) is 12.4 Å². The summed E-state index contributed by atoms with van der Waals surface area (Å²) in [5, 5.41) is 4.02. The van der Waals surface area contributed by atoms with E-state index in [-0.39, 0.29) is 30.3 Å². The third-order valence-corrected chi connectivity index (χ3v) is 5.81. The minimum absolute atomic E-state index is 0. The predicted molar refractivity (Wildman–Crippen MR) is 105 cm³/mol. The number of nitrogens with zero attached hydrogens (tertiary/aromatic N) is 2. The van der Waals surface area contributed by atoms with E-state index in [0.29, 0.717) is 43.2 Å². The molecule has 1 N–H and O–H groups in total. The van der Waals surface area contributed by atoms with E-state index in [1.807, 2.05) is 21.6 Å². The molecule has 0 aliphatic carbocycles. The predicted octanol–water partition coefficient (Wildman–Crippen LogP) is 2.14. The second-order valence-corrected chi connectivity index (χ2v) is 7.70. The molecule has 138 valence electrons. The Balaban J connectivity index is 0.00000225. The zero-order valence-corrected chi connectivity index (χ0v) is 16.3. The molecule has 0 saturated carbocycles. The highest BCUT2D eigenvalue weighted by Crippen LogP contribution is 2.15. The first-order valence-electron chi connectivity index (χ1n) is 8.27. The number of amides is 2. The summed E-state index contributed by atoms with van der Waals surface area (Å²) in [5.41, 5.74) is 0.641. The Hall–Kier alpha value is -0.950. The molecular weight excluding hydrogens is 381 g/mol. The zero-order chi connectivity index (χ0) is 16.9.